The average Bonchev–Trinajstić information content (AvgIpc) is 2.17. The summed E-state index contributed by atoms with van der Waals surface area (Å²) in [7, 11) is 1.28. The van der Waals surface area contributed by atoms with Crippen LogP contribution in [0.25, 0.3) is 0 Å². The Balaban J connectivity index is 3.03. The summed E-state index contributed by atoms with van der Waals surface area (Å²) in [6.45, 7) is 1.55. The van der Waals surface area contributed by atoms with Gasteiger partial charge in [0.15, 0.2) is 4.87 Å². The minimum Gasteiger partial charge on any atom is -0.508 e. The molecule has 4 heteroatoms. The molecule has 0 amide bonds. The van der Waals surface area contributed by atoms with E-state index in [1.165, 1.54) is 19.2 Å². The third kappa shape index (κ3) is 1.99. The lowest BCUT2D eigenvalue weighted by Crippen LogP contribution is -2.27. The van der Waals surface area contributed by atoms with Crippen molar-refractivity contribution in [2.45, 2.75) is 11.8 Å². The van der Waals surface area contributed by atoms with Gasteiger partial charge < -0.3 is 9.84 Å². The lowest BCUT2D eigenvalue weighted by atomic mass is 10.0. The molecule has 0 heterocycles. The fourth-order valence-corrected chi connectivity index (χ4v) is 1.29. The average molecular weight is 215 g/mol. The van der Waals surface area contributed by atoms with Crippen LogP contribution in [-0.2, 0) is 14.4 Å². The molecule has 1 unspecified atom stereocenters. The number of phenols is 1. The van der Waals surface area contributed by atoms with Crippen molar-refractivity contribution in [3.05, 3.63) is 29.8 Å². The monoisotopic (exact) mass is 214 g/mol. The van der Waals surface area contributed by atoms with Crippen LogP contribution in [0.4, 0.5) is 0 Å². The van der Waals surface area contributed by atoms with Gasteiger partial charge in [0.1, 0.15) is 5.75 Å². The fraction of sp³-hybridized carbons (Fsp3) is 0.300. The number of benzene rings is 1. The summed E-state index contributed by atoms with van der Waals surface area (Å²) in [5, 5.41) is 9.06. The molecule has 1 aromatic rings. The quantitative estimate of drug-likeness (QED) is 0.605. The molecule has 14 heavy (non-hydrogen) atoms. The van der Waals surface area contributed by atoms with Crippen LogP contribution in [-0.4, -0.2) is 18.2 Å². The molecule has 1 aromatic carbocycles. The summed E-state index contributed by atoms with van der Waals surface area (Å²) < 4.78 is 4.57. The Hall–Kier alpha value is -1.22. The van der Waals surface area contributed by atoms with Gasteiger partial charge in [-0.1, -0.05) is 12.1 Å². The van der Waals surface area contributed by atoms with Crippen LogP contribution < -0.4 is 0 Å². The van der Waals surface area contributed by atoms with Crippen molar-refractivity contribution in [3.8, 4) is 5.75 Å². The summed E-state index contributed by atoms with van der Waals surface area (Å²) in [6, 6.07) is 6.11. The van der Waals surface area contributed by atoms with Gasteiger partial charge in [-0.25, -0.2) is 4.79 Å². The highest BCUT2D eigenvalue weighted by atomic mass is 35.5. The van der Waals surface area contributed by atoms with Crippen molar-refractivity contribution in [2.24, 2.45) is 0 Å². The van der Waals surface area contributed by atoms with Gasteiger partial charge in [-0.15, -0.1) is 11.6 Å². The van der Waals surface area contributed by atoms with E-state index in [1.807, 2.05) is 0 Å². The minimum atomic E-state index is -1.21. The number of esters is 1. The van der Waals surface area contributed by atoms with Crippen LogP contribution in [0, 0.1) is 0 Å². The van der Waals surface area contributed by atoms with Crippen LogP contribution in [0.1, 0.15) is 12.5 Å². The molecule has 0 bridgehead atoms. The van der Waals surface area contributed by atoms with E-state index in [0.717, 1.165) is 0 Å². The molecular weight excluding hydrogens is 204 g/mol. The van der Waals surface area contributed by atoms with Gasteiger partial charge in [-0.3, -0.25) is 0 Å². The van der Waals surface area contributed by atoms with Crippen LogP contribution in [0.5, 0.6) is 5.75 Å². The molecule has 0 aliphatic rings. The van der Waals surface area contributed by atoms with E-state index >= 15 is 0 Å². The molecular formula is C10H11ClO3. The molecule has 0 saturated carbocycles. The van der Waals surface area contributed by atoms with E-state index in [-0.39, 0.29) is 5.75 Å². The molecule has 0 aromatic heterocycles. The van der Waals surface area contributed by atoms with Crippen molar-refractivity contribution < 1.29 is 14.6 Å². The van der Waals surface area contributed by atoms with Gasteiger partial charge in [0.2, 0.25) is 0 Å². The summed E-state index contributed by atoms with van der Waals surface area (Å²) >= 11 is 6.01. The maximum absolute atomic E-state index is 11.3. The standard InChI is InChI=1S/C10H11ClO3/c1-10(11,9(13)14-2)7-3-5-8(12)6-4-7/h3-6,12H,1-2H3. The first-order valence-electron chi connectivity index (χ1n) is 4.05. The summed E-state index contributed by atoms with van der Waals surface area (Å²) in [5.41, 5.74) is 0.587. The number of aromatic hydroxyl groups is 1. The normalized spacial score (nSPS) is 14.5. The highest BCUT2D eigenvalue weighted by Gasteiger charge is 2.33. The second-order valence-corrected chi connectivity index (χ2v) is 3.80. The van der Waals surface area contributed by atoms with Crippen molar-refractivity contribution in [1.82, 2.24) is 0 Å². The highest BCUT2D eigenvalue weighted by Crippen LogP contribution is 2.30. The Morgan fingerprint density at radius 1 is 1.43 bits per heavy atom. The molecule has 0 aliphatic heterocycles. The Morgan fingerprint density at radius 3 is 2.36 bits per heavy atom. The van der Waals surface area contributed by atoms with E-state index in [4.69, 9.17) is 16.7 Å². The largest absolute Gasteiger partial charge is 0.508 e. The number of alkyl halides is 1. The third-order valence-electron chi connectivity index (χ3n) is 1.98. The summed E-state index contributed by atoms with van der Waals surface area (Å²) in [6.07, 6.45) is 0. The predicted molar refractivity (Wildman–Crippen MR) is 53.3 cm³/mol. The fourth-order valence-electron chi connectivity index (χ4n) is 1.08. The third-order valence-corrected chi connectivity index (χ3v) is 2.35. The SMILES string of the molecule is COC(=O)C(C)(Cl)c1ccc(O)cc1. The van der Waals surface area contributed by atoms with Crippen molar-refractivity contribution in [2.75, 3.05) is 7.11 Å². The zero-order valence-electron chi connectivity index (χ0n) is 7.95. The lowest BCUT2D eigenvalue weighted by molar-refractivity contribution is -0.143. The van der Waals surface area contributed by atoms with Gasteiger partial charge in [0.25, 0.3) is 0 Å². The van der Waals surface area contributed by atoms with Gasteiger partial charge >= 0.3 is 5.97 Å². The van der Waals surface area contributed by atoms with E-state index < -0.39 is 10.8 Å². The number of phenolic OH excluding ortho intramolecular Hbond substituents is 1. The zero-order valence-corrected chi connectivity index (χ0v) is 8.71. The Labute approximate surface area is 87.3 Å². The molecule has 76 valence electrons. The van der Waals surface area contributed by atoms with Crippen LogP contribution >= 0.6 is 11.6 Å². The minimum absolute atomic E-state index is 0.131. The topological polar surface area (TPSA) is 46.5 Å². The van der Waals surface area contributed by atoms with Crippen molar-refractivity contribution in [1.29, 1.82) is 0 Å². The van der Waals surface area contributed by atoms with Gasteiger partial charge in [0, 0.05) is 0 Å². The molecule has 1 rings (SSSR count). The molecule has 1 N–H and O–H groups in total. The molecule has 0 fully saturated rings. The maximum atomic E-state index is 11.3. The second kappa shape index (κ2) is 3.88. The number of carbonyl (C=O) groups is 1. The number of rotatable bonds is 2. The number of ether oxygens (including phenoxy) is 1. The predicted octanol–water partition coefficient (Wildman–Crippen LogP) is 2.02. The molecule has 0 aliphatic carbocycles. The molecule has 0 spiro atoms. The summed E-state index contributed by atoms with van der Waals surface area (Å²) in [5.74, 6) is -0.393. The zero-order chi connectivity index (χ0) is 10.8. The Morgan fingerprint density at radius 2 is 1.93 bits per heavy atom. The highest BCUT2D eigenvalue weighted by molar-refractivity contribution is 6.33. The Bertz CT molecular complexity index is 330. The van der Waals surface area contributed by atoms with Crippen LogP contribution in [0.3, 0.4) is 0 Å². The number of hydrogen-bond acceptors (Lipinski definition) is 3. The second-order valence-electron chi connectivity index (χ2n) is 3.04. The Kier molecular flexibility index (Phi) is 3.01. The number of methoxy groups -OCH3 is 1. The van der Waals surface area contributed by atoms with E-state index in [1.54, 1.807) is 19.1 Å². The van der Waals surface area contributed by atoms with Gasteiger partial charge in [0.05, 0.1) is 7.11 Å². The van der Waals surface area contributed by atoms with Crippen LogP contribution in [0.15, 0.2) is 24.3 Å². The molecule has 0 saturated heterocycles. The first kappa shape index (κ1) is 10.9. The molecule has 3 nitrogen and oxygen atoms in total. The number of carbonyl (C=O) groups excluding carboxylic acids is 1. The van der Waals surface area contributed by atoms with Crippen LogP contribution in [0.2, 0.25) is 0 Å². The van der Waals surface area contributed by atoms with E-state index in [9.17, 15) is 4.79 Å². The van der Waals surface area contributed by atoms with E-state index in [0.29, 0.717) is 5.56 Å². The number of halogens is 1. The van der Waals surface area contributed by atoms with Crippen molar-refractivity contribution in [3.63, 3.8) is 0 Å². The van der Waals surface area contributed by atoms with Crippen molar-refractivity contribution >= 4 is 17.6 Å². The van der Waals surface area contributed by atoms with E-state index in [2.05, 4.69) is 4.74 Å². The maximum Gasteiger partial charge on any atom is 0.331 e. The summed E-state index contributed by atoms with van der Waals surface area (Å²) in [4.78, 5) is 10.1. The van der Waals surface area contributed by atoms with Gasteiger partial charge in [-0.2, -0.15) is 0 Å². The first-order chi connectivity index (χ1) is 6.48. The van der Waals surface area contributed by atoms with Gasteiger partial charge in [-0.05, 0) is 24.6 Å². The smallest absolute Gasteiger partial charge is 0.331 e. The first-order valence-corrected chi connectivity index (χ1v) is 4.43. The number of hydrogen-bond donors (Lipinski definition) is 1. The molecule has 1 atom stereocenters. The molecule has 0 radical (unpaired) electrons. The lowest BCUT2D eigenvalue weighted by Gasteiger charge is -2.19.